The number of benzene rings is 1. The molecule has 50 heavy (non-hydrogen) atoms. The molecule has 6 atom stereocenters. The third-order valence-corrected chi connectivity index (χ3v) is 13.5. The van der Waals surface area contributed by atoms with Crippen LogP contribution in [0.2, 0.25) is 0 Å². The SMILES string of the molecule is O=C(N[C@H]1C[C@H]2CC[C@H]2C[C@H]2CC[C@@H](C(=O)N3CC(c4cnccc4N4CCOCC4)C3)N2C1=O)c1cc2cc([C@@H](F)P(=O)(O)O)ccc2s1. The van der Waals surface area contributed by atoms with Crippen LogP contribution in [0.3, 0.4) is 0 Å². The number of hydrogen-bond acceptors (Lipinski definition) is 8. The van der Waals surface area contributed by atoms with E-state index >= 15 is 0 Å². The van der Waals surface area contributed by atoms with E-state index in [2.05, 4.69) is 15.2 Å². The van der Waals surface area contributed by atoms with Crippen LogP contribution in [0.15, 0.2) is 42.7 Å². The molecule has 1 aromatic carbocycles. The van der Waals surface area contributed by atoms with Crippen molar-refractivity contribution in [1.82, 2.24) is 20.1 Å². The molecule has 0 bridgehead atoms. The van der Waals surface area contributed by atoms with Crippen molar-refractivity contribution in [2.75, 3.05) is 44.3 Å². The van der Waals surface area contributed by atoms with Crippen LogP contribution < -0.4 is 10.2 Å². The van der Waals surface area contributed by atoms with Crippen molar-refractivity contribution in [3.05, 3.63) is 58.7 Å². The lowest BCUT2D eigenvalue weighted by Gasteiger charge is -2.47. The summed E-state index contributed by atoms with van der Waals surface area (Å²) in [6.45, 7) is 4.13. The van der Waals surface area contributed by atoms with Crippen LogP contribution >= 0.6 is 18.9 Å². The van der Waals surface area contributed by atoms with E-state index in [1.54, 1.807) is 17.2 Å². The molecular formula is C35H41FN5O7PS. The Balaban J connectivity index is 0.976. The lowest BCUT2D eigenvalue weighted by atomic mass is 9.67. The third kappa shape index (κ3) is 6.23. The molecule has 2 aromatic heterocycles. The fourth-order valence-corrected chi connectivity index (χ4v) is 10.1. The van der Waals surface area contributed by atoms with E-state index in [4.69, 9.17) is 4.74 Å². The van der Waals surface area contributed by atoms with Gasteiger partial charge in [0.2, 0.25) is 17.7 Å². The lowest BCUT2D eigenvalue weighted by molar-refractivity contribution is -0.151. The zero-order valence-corrected chi connectivity index (χ0v) is 29.2. The van der Waals surface area contributed by atoms with E-state index in [0.29, 0.717) is 65.9 Å². The van der Waals surface area contributed by atoms with Gasteiger partial charge in [-0.25, -0.2) is 4.39 Å². The van der Waals surface area contributed by atoms with Crippen LogP contribution in [-0.2, 0) is 18.9 Å². The van der Waals surface area contributed by atoms with Crippen molar-refractivity contribution >= 4 is 52.4 Å². The molecule has 0 radical (unpaired) electrons. The fourth-order valence-electron chi connectivity index (χ4n) is 8.62. The maximum atomic E-state index is 14.4. The highest BCUT2D eigenvalue weighted by molar-refractivity contribution is 7.51. The third-order valence-electron chi connectivity index (χ3n) is 11.5. The van der Waals surface area contributed by atoms with Crippen molar-refractivity contribution in [2.24, 2.45) is 11.8 Å². The Hall–Kier alpha value is -3.42. The number of amides is 3. The summed E-state index contributed by atoms with van der Waals surface area (Å²) in [7, 11) is -4.98. The van der Waals surface area contributed by atoms with E-state index in [1.165, 1.54) is 29.5 Å². The number of carbonyl (C=O) groups excluding carboxylic acids is 3. The highest BCUT2D eigenvalue weighted by Crippen LogP contribution is 2.53. The molecule has 1 aliphatic carbocycles. The minimum absolute atomic E-state index is 0.0356. The molecule has 4 saturated heterocycles. The van der Waals surface area contributed by atoms with Gasteiger partial charge in [-0.1, -0.05) is 6.07 Å². The number of halogens is 1. The number of rotatable bonds is 7. The van der Waals surface area contributed by atoms with Gasteiger partial charge in [-0.2, -0.15) is 0 Å². The fraction of sp³-hybridized carbons (Fsp3) is 0.543. The van der Waals surface area contributed by atoms with E-state index in [9.17, 15) is 33.1 Å². The second-order valence-electron chi connectivity index (χ2n) is 14.4. The van der Waals surface area contributed by atoms with E-state index in [-0.39, 0.29) is 29.3 Å². The summed E-state index contributed by atoms with van der Waals surface area (Å²) in [5, 5.41) is 3.48. The number of carbonyl (C=O) groups is 3. The number of nitrogens with one attached hydrogen (secondary N) is 1. The molecular weight excluding hydrogens is 684 g/mol. The number of anilines is 1. The van der Waals surface area contributed by atoms with Gasteiger partial charge in [0.15, 0.2) is 0 Å². The summed E-state index contributed by atoms with van der Waals surface area (Å²) in [6.07, 6.45) is 8.54. The van der Waals surface area contributed by atoms with Gasteiger partial charge in [0.1, 0.15) is 12.1 Å². The number of pyridine rings is 1. The van der Waals surface area contributed by atoms with Crippen LogP contribution in [-0.4, -0.2) is 99.8 Å². The first-order valence-corrected chi connectivity index (χ1v) is 20.0. The minimum atomic E-state index is -4.98. The summed E-state index contributed by atoms with van der Waals surface area (Å²) >= 11 is 1.17. The van der Waals surface area contributed by atoms with Crippen molar-refractivity contribution in [2.45, 2.75) is 68.5 Å². The number of nitrogens with zero attached hydrogens (tertiary/aromatic N) is 4. The van der Waals surface area contributed by atoms with Gasteiger partial charge in [-0.05, 0) is 85.6 Å². The number of alkyl halides is 1. The Labute approximate surface area is 293 Å². The molecule has 3 N–H and O–H groups in total. The Morgan fingerprint density at radius 3 is 2.54 bits per heavy atom. The number of aromatic nitrogens is 1. The Morgan fingerprint density at radius 1 is 1.04 bits per heavy atom. The van der Waals surface area contributed by atoms with E-state index in [1.807, 2.05) is 17.2 Å². The van der Waals surface area contributed by atoms with Crippen LogP contribution in [0.4, 0.5) is 10.1 Å². The molecule has 1 saturated carbocycles. The van der Waals surface area contributed by atoms with Crippen molar-refractivity contribution < 1.29 is 37.9 Å². The number of fused-ring (bicyclic) bond motifs is 3. The summed E-state index contributed by atoms with van der Waals surface area (Å²) in [5.74, 6) is -2.20. The highest BCUT2D eigenvalue weighted by atomic mass is 32.1. The number of likely N-dealkylation sites (tertiary alicyclic amines) is 1. The molecule has 0 spiro atoms. The maximum Gasteiger partial charge on any atom is 0.363 e. The summed E-state index contributed by atoms with van der Waals surface area (Å²) in [5.41, 5.74) is 2.11. The first-order chi connectivity index (χ1) is 24.0. The number of morpholine rings is 1. The first-order valence-electron chi connectivity index (χ1n) is 17.5. The predicted molar refractivity (Wildman–Crippen MR) is 185 cm³/mol. The van der Waals surface area contributed by atoms with Gasteiger partial charge in [-0.15, -0.1) is 11.3 Å². The second-order valence-corrected chi connectivity index (χ2v) is 17.1. The zero-order chi connectivity index (χ0) is 34.7. The predicted octanol–water partition coefficient (Wildman–Crippen LogP) is 4.18. The number of hydrogen-bond donors (Lipinski definition) is 3. The average Bonchev–Trinajstić information content (AvgIpc) is 3.71. The average molecular weight is 726 g/mol. The smallest absolute Gasteiger partial charge is 0.363 e. The van der Waals surface area contributed by atoms with Crippen LogP contribution in [0.1, 0.15) is 71.2 Å². The standard InChI is InChI=1S/C35H41FN5O7PS/c36-32(49(45,46)47)22-3-6-30-23(13-22)16-31(50-30)33(42)38-27-15-21-2-1-20(21)14-25-4-5-29(41(25)34(27)43)35(44)40-18-24(19-40)26-17-37-8-7-28(26)39-9-11-48-12-10-39/h3,6-8,13,16-17,20-21,24-25,27,29,32H,1-2,4-5,9-12,14-15,18-19H2,(H,38,42)(H2,45,46,47)/t20-,21+,25+,27-,29-,32-/m0/s1. The quantitative estimate of drug-likeness (QED) is 0.305. The highest BCUT2D eigenvalue weighted by Gasteiger charge is 2.50. The molecule has 266 valence electrons. The van der Waals surface area contributed by atoms with Crippen molar-refractivity contribution in [3.8, 4) is 0 Å². The number of ether oxygens (including phenoxy) is 1. The normalized spacial score (nSPS) is 27.9. The Bertz CT molecular complexity index is 1860. The Morgan fingerprint density at radius 2 is 1.80 bits per heavy atom. The molecule has 3 amide bonds. The monoisotopic (exact) mass is 725 g/mol. The van der Waals surface area contributed by atoms with Crippen molar-refractivity contribution in [1.29, 1.82) is 0 Å². The van der Waals surface area contributed by atoms with Crippen LogP contribution in [0, 0.1) is 11.8 Å². The van der Waals surface area contributed by atoms with Crippen LogP contribution in [0.5, 0.6) is 0 Å². The second kappa shape index (κ2) is 13.3. The van der Waals surface area contributed by atoms with Crippen LogP contribution in [0.25, 0.3) is 10.1 Å². The Kier molecular flexibility index (Phi) is 8.96. The molecule has 15 heteroatoms. The molecule has 4 aliphatic heterocycles. The van der Waals surface area contributed by atoms with Crippen molar-refractivity contribution in [3.63, 3.8) is 0 Å². The molecule has 8 rings (SSSR count). The molecule has 12 nitrogen and oxygen atoms in total. The topological polar surface area (TPSA) is 153 Å². The van der Waals surface area contributed by atoms with E-state index < -0.39 is 31.5 Å². The molecule has 6 heterocycles. The first kappa shape index (κ1) is 33.7. The zero-order valence-electron chi connectivity index (χ0n) is 27.5. The van der Waals surface area contributed by atoms with E-state index in [0.717, 1.165) is 50.0 Å². The number of thiophene rings is 1. The molecule has 0 unspecified atom stereocenters. The van der Waals surface area contributed by atoms with Gasteiger partial charge < -0.3 is 34.5 Å². The molecule has 5 aliphatic rings. The summed E-state index contributed by atoms with van der Waals surface area (Å²) in [4.78, 5) is 71.3. The van der Waals surface area contributed by atoms with Gasteiger partial charge >= 0.3 is 7.60 Å². The van der Waals surface area contributed by atoms with Gasteiger partial charge in [0.25, 0.3) is 5.91 Å². The largest absolute Gasteiger partial charge is 0.378 e. The maximum absolute atomic E-state index is 14.4. The molecule has 3 aromatic rings. The van der Waals surface area contributed by atoms with Gasteiger partial charge in [0, 0.05) is 66.5 Å². The minimum Gasteiger partial charge on any atom is -0.378 e. The van der Waals surface area contributed by atoms with Gasteiger partial charge in [-0.3, -0.25) is 23.9 Å². The molecule has 5 fully saturated rings. The summed E-state index contributed by atoms with van der Waals surface area (Å²) < 4.78 is 32.0. The van der Waals surface area contributed by atoms with Gasteiger partial charge in [0.05, 0.1) is 18.1 Å². The lowest BCUT2D eigenvalue weighted by Crippen LogP contribution is -2.61. The summed E-state index contributed by atoms with van der Waals surface area (Å²) in [6, 6.07) is 6.39.